The van der Waals surface area contributed by atoms with Gasteiger partial charge in [-0.15, -0.1) is 6.42 Å². The molecule has 0 atom stereocenters. The highest BCUT2D eigenvalue weighted by Crippen LogP contribution is 2.26. The Labute approximate surface area is 139 Å². The molecule has 1 saturated carbocycles. The van der Waals surface area contributed by atoms with Crippen LogP contribution >= 0.6 is 11.3 Å². The fraction of sp³-hybridized carbons (Fsp3) is 0.444. The number of hydrogen-bond acceptors (Lipinski definition) is 3. The second-order valence-electron chi connectivity index (χ2n) is 5.67. The standard InChI is InChI=1S/C18H20N2O2S/c1-3-11-20-15-10-9-14(22-4-2)12-16(15)23-18(20)19-17(21)13-7-5-6-8-13/h1,9-10,12-13H,4-8,11H2,2H3. The van der Waals surface area contributed by atoms with Crippen LogP contribution < -0.4 is 9.54 Å². The van der Waals surface area contributed by atoms with Crippen LogP contribution in [0.3, 0.4) is 0 Å². The van der Waals surface area contributed by atoms with Gasteiger partial charge in [0.1, 0.15) is 5.75 Å². The van der Waals surface area contributed by atoms with E-state index in [0.29, 0.717) is 18.0 Å². The Kier molecular flexibility index (Phi) is 4.82. The van der Waals surface area contributed by atoms with Crippen LogP contribution in [-0.2, 0) is 11.3 Å². The van der Waals surface area contributed by atoms with E-state index in [4.69, 9.17) is 11.2 Å². The molecule has 4 nitrogen and oxygen atoms in total. The van der Waals surface area contributed by atoms with Crippen LogP contribution in [0.25, 0.3) is 10.2 Å². The van der Waals surface area contributed by atoms with E-state index in [1.807, 2.05) is 29.7 Å². The van der Waals surface area contributed by atoms with Crippen molar-refractivity contribution in [1.29, 1.82) is 0 Å². The maximum absolute atomic E-state index is 12.4. The van der Waals surface area contributed by atoms with Crippen LogP contribution in [0.5, 0.6) is 5.75 Å². The predicted octanol–water partition coefficient (Wildman–Crippen LogP) is 3.35. The first-order valence-electron chi connectivity index (χ1n) is 8.01. The lowest BCUT2D eigenvalue weighted by molar-refractivity contribution is -0.121. The number of rotatable bonds is 4. The summed E-state index contributed by atoms with van der Waals surface area (Å²) in [5.74, 6) is 3.55. The second-order valence-corrected chi connectivity index (χ2v) is 6.68. The summed E-state index contributed by atoms with van der Waals surface area (Å²) in [7, 11) is 0. The number of nitrogens with zero attached hydrogens (tertiary/aromatic N) is 2. The Morgan fingerprint density at radius 1 is 1.48 bits per heavy atom. The molecule has 120 valence electrons. The highest BCUT2D eigenvalue weighted by Gasteiger charge is 2.22. The van der Waals surface area contributed by atoms with Crippen molar-refractivity contribution in [2.24, 2.45) is 10.9 Å². The average Bonchev–Trinajstić information content (AvgIpc) is 3.17. The molecule has 1 amide bonds. The summed E-state index contributed by atoms with van der Waals surface area (Å²) < 4.78 is 8.51. The first-order valence-corrected chi connectivity index (χ1v) is 8.82. The van der Waals surface area contributed by atoms with Crippen LogP contribution in [0.1, 0.15) is 32.6 Å². The van der Waals surface area contributed by atoms with E-state index >= 15 is 0 Å². The van der Waals surface area contributed by atoms with Crippen LogP contribution in [0.2, 0.25) is 0 Å². The van der Waals surface area contributed by atoms with Gasteiger partial charge in [0.2, 0.25) is 0 Å². The summed E-state index contributed by atoms with van der Waals surface area (Å²) in [4.78, 5) is 17.4. The maximum atomic E-state index is 12.4. The molecule has 1 aromatic heterocycles. The molecule has 1 fully saturated rings. The number of terminal acetylenes is 1. The van der Waals surface area contributed by atoms with Gasteiger partial charge in [0, 0.05) is 5.92 Å². The number of hydrogen-bond donors (Lipinski definition) is 0. The fourth-order valence-electron chi connectivity index (χ4n) is 3.00. The van der Waals surface area contributed by atoms with Crippen molar-refractivity contribution in [3.63, 3.8) is 0 Å². The molecule has 1 aromatic carbocycles. The van der Waals surface area contributed by atoms with Crippen LogP contribution in [0.4, 0.5) is 0 Å². The number of amides is 1. The number of carbonyl (C=O) groups is 1. The summed E-state index contributed by atoms with van der Waals surface area (Å²) >= 11 is 1.49. The average molecular weight is 328 g/mol. The number of fused-ring (bicyclic) bond motifs is 1. The van der Waals surface area contributed by atoms with E-state index in [-0.39, 0.29) is 11.8 Å². The topological polar surface area (TPSA) is 43.6 Å². The van der Waals surface area contributed by atoms with Crippen LogP contribution in [-0.4, -0.2) is 17.1 Å². The fourth-order valence-corrected chi connectivity index (χ4v) is 4.06. The zero-order valence-corrected chi connectivity index (χ0v) is 14.1. The van der Waals surface area contributed by atoms with Gasteiger partial charge < -0.3 is 9.30 Å². The molecule has 5 heteroatoms. The first-order chi connectivity index (χ1) is 11.2. The zero-order valence-electron chi connectivity index (χ0n) is 13.2. The van der Waals surface area contributed by atoms with Crippen molar-refractivity contribution >= 4 is 27.5 Å². The molecule has 0 N–H and O–H groups in total. The van der Waals surface area contributed by atoms with Crippen molar-refractivity contribution in [2.75, 3.05) is 6.61 Å². The third kappa shape index (κ3) is 3.32. The largest absolute Gasteiger partial charge is 0.494 e. The molecule has 0 unspecified atom stereocenters. The Bertz CT molecular complexity index is 820. The molecule has 1 heterocycles. The number of aromatic nitrogens is 1. The second kappa shape index (κ2) is 7.01. The third-order valence-electron chi connectivity index (χ3n) is 4.12. The number of ether oxygens (including phenoxy) is 1. The lowest BCUT2D eigenvalue weighted by Gasteiger charge is -2.04. The monoisotopic (exact) mass is 328 g/mol. The summed E-state index contributed by atoms with van der Waals surface area (Å²) in [5.41, 5.74) is 0.995. The van der Waals surface area contributed by atoms with E-state index in [1.165, 1.54) is 11.3 Å². The molecular weight excluding hydrogens is 308 g/mol. The smallest absolute Gasteiger partial charge is 0.251 e. The SMILES string of the molecule is C#CCn1c(=NC(=O)C2CCCC2)sc2cc(OCC)ccc21. The minimum absolute atomic E-state index is 0.00939. The van der Waals surface area contributed by atoms with Crippen molar-refractivity contribution < 1.29 is 9.53 Å². The Morgan fingerprint density at radius 2 is 2.26 bits per heavy atom. The number of benzene rings is 1. The van der Waals surface area contributed by atoms with Gasteiger partial charge in [0.05, 0.1) is 23.4 Å². The first kappa shape index (κ1) is 15.8. The van der Waals surface area contributed by atoms with Crippen molar-refractivity contribution in [3.05, 3.63) is 23.0 Å². The van der Waals surface area contributed by atoms with E-state index in [0.717, 1.165) is 41.6 Å². The van der Waals surface area contributed by atoms with Crippen LogP contribution in [0, 0.1) is 18.3 Å². The third-order valence-corrected chi connectivity index (χ3v) is 5.17. The number of carbonyl (C=O) groups excluding carboxylic acids is 1. The lowest BCUT2D eigenvalue weighted by atomic mass is 10.1. The van der Waals surface area contributed by atoms with Crippen LogP contribution in [0.15, 0.2) is 23.2 Å². The van der Waals surface area contributed by atoms with Crippen molar-refractivity contribution in [3.8, 4) is 18.1 Å². The highest BCUT2D eigenvalue weighted by molar-refractivity contribution is 7.16. The van der Waals surface area contributed by atoms with Gasteiger partial charge in [-0.2, -0.15) is 4.99 Å². The van der Waals surface area contributed by atoms with E-state index in [2.05, 4.69) is 10.9 Å². The van der Waals surface area contributed by atoms with Gasteiger partial charge in [0.15, 0.2) is 4.80 Å². The highest BCUT2D eigenvalue weighted by atomic mass is 32.1. The van der Waals surface area contributed by atoms with Crippen molar-refractivity contribution in [2.45, 2.75) is 39.2 Å². The minimum Gasteiger partial charge on any atom is -0.494 e. The minimum atomic E-state index is -0.00939. The summed E-state index contributed by atoms with van der Waals surface area (Å²) in [6.45, 7) is 2.99. The predicted molar refractivity (Wildman–Crippen MR) is 92.3 cm³/mol. The zero-order chi connectivity index (χ0) is 16.2. The molecule has 1 aliphatic rings. The molecule has 0 saturated heterocycles. The Hall–Kier alpha value is -2.06. The Morgan fingerprint density at radius 3 is 2.96 bits per heavy atom. The molecule has 1 aliphatic carbocycles. The lowest BCUT2D eigenvalue weighted by Crippen LogP contribution is -2.19. The van der Waals surface area contributed by atoms with Gasteiger partial charge in [-0.25, -0.2) is 0 Å². The normalized spacial score (nSPS) is 15.9. The van der Waals surface area contributed by atoms with E-state index in [1.54, 1.807) is 0 Å². The maximum Gasteiger partial charge on any atom is 0.251 e. The van der Waals surface area contributed by atoms with Gasteiger partial charge in [-0.1, -0.05) is 30.1 Å². The summed E-state index contributed by atoms with van der Waals surface area (Å²) in [6, 6.07) is 5.89. The molecule has 0 radical (unpaired) electrons. The van der Waals surface area contributed by atoms with Crippen molar-refractivity contribution in [1.82, 2.24) is 4.57 Å². The molecule has 0 bridgehead atoms. The molecule has 2 aromatic rings. The van der Waals surface area contributed by atoms with Gasteiger partial charge in [0.25, 0.3) is 5.91 Å². The van der Waals surface area contributed by atoms with Gasteiger partial charge in [-0.05, 0) is 38.0 Å². The molecule has 23 heavy (non-hydrogen) atoms. The summed E-state index contributed by atoms with van der Waals surface area (Å²) in [5, 5.41) is 0. The molecule has 0 spiro atoms. The molecule has 0 aliphatic heterocycles. The van der Waals surface area contributed by atoms with Gasteiger partial charge >= 0.3 is 0 Å². The summed E-state index contributed by atoms with van der Waals surface area (Å²) in [6.07, 6.45) is 9.65. The quantitative estimate of drug-likeness (QED) is 0.808. The van der Waals surface area contributed by atoms with E-state index in [9.17, 15) is 4.79 Å². The van der Waals surface area contributed by atoms with Gasteiger partial charge in [-0.3, -0.25) is 4.79 Å². The molecular formula is C18H20N2O2S. The van der Waals surface area contributed by atoms with E-state index < -0.39 is 0 Å². The Balaban J connectivity index is 2.05. The molecule has 3 rings (SSSR count). The number of thiazole rings is 1.